The van der Waals surface area contributed by atoms with E-state index in [4.69, 9.17) is 9.47 Å². The molecule has 3 aromatic rings. The number of hydrogen-bond donors (Lipinski definition) is 1. The molecule has 0 saturated carbocycles. The standard InChI is InChI=1S/C26H23N3O7/c1-35-25(31)22-20-8-5-15-28(20)24(23(22)26(32)36-2)17-9-12-18(13-10-17)27-21(30)14-11-16-6-3-4-7-19(16)29(33)34/h3-4,6-7,9-14H,5,8,15H2,1-2H3,(H,27,30)/b14-11+. The second-order valence-corrected chi connectivity index (χ2v) is 8.00. The van der Waals surface area contributed by atoms with E-state index in [0.717, 1.165) is 12.1 Å². The van der Waals surface area contributed by atoms with E-state index in [1.807, 2.05) is 4.57 Å². The van der Waals surface area contributed by atoms with Gasteiger partial charge < -0.3 is 19.4 Å². The molecule has 1 aliphatic rings. The van der Waals surface area contributed by atoms with Crippen LogP contribution < -0.4 is 5.32 Å². The Morgan fingerprint density at radius 2 is 1.67 bits per heavy atom. The Bertz CT molecular complexity index is 1390. The van der Waals surface area contributed by atoms with Gasteiger partial charge >= 0.3 is 11.9 Å². The highest BCUT2D eigenvalue weighted by atomic mass is 16.6. The van der Waals surface area contributed by atoms with Crippen LogP contribution in [-0.4, -0.2) is 41.6 Å². The van der Waals surface area contributed by atoms with Crippen molar-refractivity contribution in [3.8, 4) is 11.3 Å². The van der Waals surface area contributed by atoms with E-state index in [1.165, 1.54) is 32.4 Å². The molecule has 0 unspecified atom stereocenters. The van der Waals surface area contributed by atoms with Gasteiger partial charge in [-0.15, -0.1) is 0 Å². The number of hydrogen-bond acceptors (Lipinski definition) is 7. The molecule has 0 fully saturated rings. The zero-order valence-electron chi connectivity index (χ0n) is 19.6. The van der Waals surface area contributed by atoms with Crippen LogP contribution in [0.2, 0.25) is 0 Å². The number of nitrogens with one attached hydrogen (secondary N) is 1. The summed E-state index contributed by atoms with van der Waals surface area (Å²) < 4.78 is 11.8. The summed E-state index contributed by atoms with van der Waals surface area (Å²) in [5.74, 6) is -1.70. The first-order valence-electron chi connectivity index (χ1n) is 11.1. The maximum Gasteiger partial charge on any atom is 0.340 e. The van der Waals surface area contributed by atoms with E-state index >= 15 is 0 Å². The molecular formula is C26H23N3O7. The van der Waals surface area contributed by atoms with Gasteiger partial charge in [0.1, 0.15) is 5.56 Å². The lowest BCUT2D eigenvalue weighted by Gasteiger charge is -2.10. The molecule has 1 aliphatic heterocycles. The van der Waals surface area contributed by atoms with Crippen molar-refractivity contribution in [3.63, 3.8) is 0 Å². The van der Waals surface area contributed by atoms with Crippen LogP contribution in [-0.2, 0) is 27.2 Å². The summed E-state index contributed by atoms with van der Waals surface area (Å²) in [5, 5.41) is 13.8. The smallest absolute Gasteiger partial charge is 0.340 e. The van der Waals surface area contributed by atoms with Crippen molar-refractivity contribution >= 4 is 35.3 Å². The number of carbonyl (C=O) groups is 3. The van der Waals surface area contributed by atoms with E-state index in [0.29, 0.717) is 35.5 Å². The van der Waals surface area contributed by atoms with E-state index in [9.17, 15) is 24.5 Å². The second-order valence-electron chi connectivity index (χ2n) is 8.00. The number of anilines is 1. The molecule has 184 valence electrons. The fourth-order valence-corrected chi connectivity index (χ4v) is 4.36. The average molecular weight is 489 g/mol. The van der Waals surface area contributed by atoms with Crippen molar-refractivity contribution < 1.29 is 28.8 Å². The van der Waals surface area contributed by atoms with E-state index < -0.39 is 22.8 Å². The fourth-order valence-electron chi connectivity index (χ4n) is 4.36. The lowest BCUT2D eigenvalue weighted by atomic mass is 10.0. The van der Waals surface area contributed by atoms with E-state index in [2.05, 4.69) is 5.32 Å². The van der Waals surface area contributed by atoms with Gasteiger partial charge in [0.2, 0.25) is 5.91 Å². The molecule has 0 aliphatic carbocycles. The molecule has 10 heteroatoms. The fraction of sp³-hybridized carbons (Fsp3) is 0.192. The van der Waals surface area contributed by atoms with Gasteiger partial charge in [0.15, 0.2) is 0 Å². The summed E-state index contributed by atoms with van der Waals surface area (Å²) in [6, 6.07) is 12.9. The third kappa shape index (κ3) is 4.61. The number of methoxy groups -OCH3 is 2. The van der Waals surface area contributed by atoms with Gasteiger partial charge in [0, 0.05) is 30.1 Å². The molecule has 0 saturated heterocycles. The van der Waals surface area contributed by atoms with Gasteiger partial charge in [0.05, 0.1) is 36.0 Å². The third-order valence-corrected chi connectivity index (χ3v) is 5.92. The van der Waals surface area contributed by atoms with Crippen LogP contribution in [0.25, 0.3) is 17.3 Å². The minimum atomic E-state index is -0.634. The number of nitro benzene ring substituents is 1. The number of fused-ring (bicyclic) bond motifs is 1. The van der Waals surface area contributed by atoms with E-state index in [1.54, 1.807) is 42.5 Å². The Morgan fingerprint density at radius 1 is 1.00 bits per heavy atom. The minimum absolute atomic E-state index is 0.0987. The van der Waals surface area contributed by atoms with E-state index in [-0.39, 0.29) is 16.8 Å². The maximum atomic E-state index is 12.7. The summed E-state index contributed by atoms with van der Waals surface area (Å²) >= 11 is 0. The zero-order valence-corrected chi connectivity index (χ0v) is 19.6. The van der Waals surface area contributed by atoms with Crippen LogP contribution in [0.5, 0.6) is 0 Å². The summed E-state index contributed by atoms with van der Waals surface area (Å²) in [5.41, 5.74) is 3.03. The first-order chi connectivity index (χ1) is 17.3. The summed E-state index contributed by atoms with van der Waals surface area (Å²) in [6.45, 7) is 0.639. The molecule has 2 aromatic carbocycles. The predicted molar refractivity (Wildman–Crippen MR) is 132 cm³/mol. The van der Waals surface area contributed by atoms with Crippen LogP contribution in [0, 0.1) is 10.1 Å². The molecule has 0 bridgehead atoms. The second kappa shape index (κ2) is 10.3. The predicted octanol–water partition coefficient (Wildman–Crippen LogP) is 4.23. The number of aromatic nitrogens is 1. The summed E-state index contributed by atoms with van der Waals surface area (Å²) in [7, 11) is 2.52. The Labute approximate surface area is 206 Å². The van der Waals surface area contributed by atoms with Gasteiger partial charge in [0.25, 0.3) is 5.69 Å². The molecule has 1 N–H and O–H groups in total. The molecule has 0 spiro atoms. The number of nitro groups is 1. The van der Waals surface area contributed by atoms with Crippen LogP contribution in [0.15, 0.2) is 54.6 Å². The molecule has 0 radical (unpaired) electrons. The Kier molecular flexibility index (Phi) is 6.95. The summed E-state index contributed by atoms with van der Waals surface area (Å²) in [4.78, 5) is 48.2. The van der Waals surface area contributed by atoms with Gasteiger partial charge in [-0.1, -0.05) is 24.3 Å². The van der Waals surface area contributed by atoms with Crippen LogP contribution in [0.4, 0.5) is 11.4 Å². The SMILES string of the molecule is COC(=O)c1c(C(=O)OC)c(-c2ccc(NC(=O)/C=C/c3ccccc3[N+](=O)[O-])cc2)n2c1CCC2. The highest BCUT2D eigenvalue weighted by molar-refractivity contribution is 6.09. The molecule has 36 heavy (non-hydrogen) atoms. The van der Waals surface area contributed by atoms with Crippen LogP contribution >= 0.6 is 0 Å². The largest absolute Gasteiger partial charge is 0.465 e. The average Bonchev–Trinajstić information content (AvgIpc) is 3.48. The number of esters is 2. The van der Waals surface area contributed by atoms with Gasteiger partial charge in [-0.25, -0.2) is 9.59 Å². The molecule has 4 rings (SSSR count). The Morgan fingerprint density at radius 3 is 2.33 bits per heavy atom. The van der Waals surface area contributed by atoms with Crippen molar-refractivity contribution in [1.82, 2.24) is 4.57 Å². The minimum Gasteiger partial charge on any atom is -0.465 e. The van der Waals surface area contributed by atoms with Crippen LogP contribution in [0.3, 0.4) is 0 Å². The Hall–Kier alpha value is -4.73. The van der Waals surface area contributed by atoms with Gasteiger partial charge in [-0.05, 0) is 42.7 Å². The monoisotopic (exact) mass is 489 g/mol. The number of nitrogens with zero attached hydrogens (tertiary/aromatic N) is 2. The topological polar surface area (TPSA) is 130 Å². The third-order valence-electron chi connectivity index (χ3n) is 5.92. The first kappa shape index (κ1) is 24.4. The molecule has 1 amide bonds. The lowest BCUT2D eigenvalue weighted by Crippen LogP contribution is -2.12. The molecular weight excluding hydrogens is 466 g/mol. The Balaban J connectivity index is 1.61. The number of rotatable bonds is 7. The maximum absolute atomic E-state index is 12.7. The van der Waals surface area contributed by atoms with Crippen molar-refractivity contribution in [2.24, 2.45) is 0 Å². The normalized spacial score (nSPS) is 12.3. The quantitative estimate of drug-likeness (QED) is 0.227. The van der Waals surface area contributed by atoms with Crippen LogP contribution in [0.1, 0.15) is 38.4 Å². The molecule has 0 atom stereocenters. The van der Waals surface area contributed by atoms with Crippen molar-refractivity contribution in [2.75, 3.05) is 19.5 Å². The number of carbonyl (C=O) groups excluding carboxylic acids is 3. The zero-order chi connectivity index (χ0) is 25.8. The highest BCUT2D eigenvalue weighted by Crippen LogP contribution is 2.37. The highest BCUT2D eigenvalue weighted by Gasteiger charge is 2.34. The molecule has 2 heterocycles. The number of benzene rings is 2. The van der Waals surface area contributed by atoms with Crippen molar-refractivity contribution in [3.05, 3.63) is 87.1 Å². The summed E-state index contributed by atoms with van der Waals surface area (Å²) in [6.07, 6.45) is 4.05. The number of amides is 1. The molecule has 1 aromatic heterocycles. The van der Waals surface area contributed by atoms with Crippen molar-refractivity contribution in [1.29, 1.82) is 0 Å². The molecule has 10 nitrogen and oxygen atoms in total. The first-order valence-corrected chi connectivity index (χ1v) is 11.1. The van der Waals surface area contributed by atoms with Crippen molar-refractivity contribution in [2.45, 2.75) is 19.4 Å². The number of ether oxygens (including phenoxy) is 2. The number of para-hydroxylation sites is 1. The van der Waals surface area contributed by atoms with Gasteiger partial charge in [-0.3, -0.25) is 14.9 Å². The van der Waals surface area contributed by atoms with Gasteiger partial charge in [-0.2, -0.15) is 0 Å². The lowest BCUT2D eigenvalue weighted by molar-refractivity contribution is -0.385.